The van der Waals surface area contributed by atoms with Crippen molar-refractivity contribution in [3.63, 3.8) is 0 Å². The Hall–Kier alpha value is -3.79. The van der Waals surface area contributed by atoms with E-state index < -0.39 is 45.7 Å². The average molecular weight is 514 g/mol. The SMILES string of the molecule is CCN(CC(=O)Nc1c(F)cccc1F)C(=O)c1cccc(S(=O)(=O)N2CCCc3ccccc32)c1. The number of amides is 2. The van der Waals surface area contributed by atoms with Gasteiger partial charge in [-0.1, -0.05) is 30.3 Å². The molecule has 3 aromatic rings. The standard InChI is InChI=1S/C26H25F2N3O4S/c1-2-30(17-24(32)29-25-21(27)12-6-13-22(25)28)26(33)19-9-5-11-20(16-19)36(34,35)31-15-7-10-18-8-3-4-14-23(18)31/h3-6,8-9,11-14,16H,2,7,10,15,17H2,1H3,(H,29,32). The number of nitrogens with one attached hydrogen (secondary N) is 1. The van der Waals surface area contributed by atoms with Gasteiger partial charge in [0.2, 0.25) is 5.91 Å². The second-order valence-corrected chi connectivity index (χ2v) is 10.2. The predicted octanol–water partition coefficient (Wildman–Crippen LogP) is 4.21. The molecule has 7 nitrogen and oxygen atoms in total. The molecule has 0 saturated carbocycles. The Morgan fingerprint density at radius 2 is 1.69 bits per heavy atom. The van der Waals surface area contributed by atoms with Crippen molar-refractivity contribution in [2.45, 2.75) is 24.7 Å². The van der Waals surface area contributed by atoms with Crippen LogP contribution in [0, 0.1) is 11.6 Å². The molecule has 1 heterocycles. The lowest BCUT2D eigenvalue weighted by atomic mass is 10.0. The van der Waals surface area contributed by atoms with E-state index in [2.05, 4.69) is 5.32 Å². The molecule has 0 fully saturated rings. The average Bonchev–Trinajstić information content (AvgIpc) is 2.88. The smallest absolute Gasteiger partial charge is 0.264 e. The Morgan fingerprint density at radius 3 is 2.42 bits per heavy atom. The molecule has 188 valence electrons. The van der Waals surface area contributed by atoms with Crippen molar-refractivity contribution < 1.29 is 26.8 Å². The number of carbonyl (C=O) groups excluding carboxylic acids is 2. The number of benzene rings is 3. The highest BCUT2D eigenvalue weighted by Gasteiger charge is 2.30. The van der Waals surface area contributed by atoms with Crippen LogP contribution < -0.4 is 9.62 Å². The molecule has 1 aliphatic rings. The van der Waals surface area contributed by atoms with E-state index in [0.717, 1.165) is 29.0 Å². The van der Waals surface area contributed by atoms with E-state index in [9.17, 15) is 26.8 Å². The minimum atomic E-state index is -3.94. The van der Waals surface area contributed by atoms with Crippen molar-refractivity contribution in [3.05, 3.63) is 89.5 Å². The molecule has 3 aromatic carbocycles. The molecular formula is C26H25F2N3O4S. The van der Waals surface area contributed by atoms with Crippen LogP contribution in [0.3, 0.4) is 0 Å². The fraction of sp³-hybridized carbons (Fsp3) is 0.231. The number of carbonyl (C=O) groups is 2. The molecule has 0 unspecified atom stereocenters. The quantitative estimate of drug-likeness (QED) is 0.513. The first-order chi connectivity index (χ1) is 17.2. The molecule has 0 radical (unpaired) electrons. The Labute approximate surface area is 208 Å². The molecule has 0 aliphatic carbocycles. The summed E-state index contributed by atoms with van der Waals surface area (Å²) >= 11 is 0. The van der Waals surface area contributed by atoms with Crippen LogP contribution in [0.1, 0.15) is 29.3 Å². The summed E-state index contributed by atoms with van der Waals surface area (Å²) in [4.78, 5) is 26.7. The first-order valence-corrected chi connectivity index (χ1v) is 12.9. The van der Waals surface area contributed by atoms with E-state index >= 15 is 0 Å². The molecule has 10 heteroatoms. The topological polar surface area (TPSA) is 86.8 Å². The zero-order valence-electron chi connectivity index (χ0n) is 19.6. The lowest BCUT2D eigenvalue weighted by Gasteiger charge is -2.30. The number of nitrogens with zero attached hydrogens (tertiary/aromatic N) is 2. The van der Waals surface area contributed by atoms with E-state index in [4.69, 9.17) is 0 Å². The predicted molar refractivity (Wildman–Crippen MR) is 132 cm³/mol. The van der Waals surface area contributed by atoms with Crippen LogP contribution in [0.15, 0.2) is 71.6 Å². The van der Waals surface area contributed by atoms with E-state index in [-0.39, 0.29) is 17.0 Å². The molecule has 1 N–H and O–H groups in total. The van der Waals surface area contributed by atoms with Gasteiger partial charge in [0.15, 0.2) is 0 Å². The Morgan fingerprint density at radius 1 is 1.00 bits per heavy atom. The van der Waals surface area contributed by atoms with Crippen LogP contribution in [0.2, 0.25) is 0 Å². The van der Waals surface area contributed by atoms with Gasteiger partial charge in [0, 0.05) is 18.7 Å². The Balaban J connectivity index is 1.54. The maximum atomic E-state index is 13.9. The maximum absolute atomic E-state index is 13.9. The normalized spacial score (nSPS) is 13.1. The molecule has 2 amide bonds. The molecule has 0 aromatic heterocycles. The fourth-order valence-corrected chi connectivity index (χ4v) is 5.73. The largest absolute Gasteiger partial charge is 0.330 e. The summed E-state index contributed by atoms with van der Waals surface area (Å²) in [5.41, 5.74) is 1.04. The van der Waals surface area contributed by atoms with Gasteiger partial charge >= 0.3 is 0 Å². The summed E-state index contributed by atoms with van der Waals surface area (Å²) in [7, 11) is -3.94. The number of anilines is 2. The van der Waals surface area contributed by atoms with E-state index in [1.54, 1.807) is 19.1 Å². The molecule has 0 atom stereocenters. The third-order valence-corrected chi connectivity index (χ3v) is 7.78. The van der Waals surface area contributed by atoms with Gasteiger partial charge in [0.1, 0.15) is 23.9 Å². The summed E-state index contributed by atoms with van der Waals surface area (Å²) in [6.07, 6.45) is 1.46. The van der Waals surface area contributed by atoms with E-state index in [1.807, 2.05) is 12.1 Å². The minimum absolute atomic E-state index is 0.0426. The number of para-hydroxylation sites is 2. The molecular weight excluding hydrogens is 488 g/mol. The number of rotatable bonds is 7. The van der Waals surface area contributed by atoms with Crippen LogP contribution in [0.4, 0.5) is 20.2 Å². The lowest BCUT2D eigenvalue weighted by Crippen LogP contribution is -2.38. The van der Waals surface area contributed by atoms with Crippen molar-refractivity contribution in [1.82, 2.24) is 4.90 Å². The van der Waals surface area contributed by atoms with Crippen LogP contribution >= 0.6 is 0 Å². The van der Waals surface area contributed by atoms with Crippen molar-refractivity contribution in [2.75, 3.05) is 29.3 Å². The van der Waals surface area contributed by atoms with Crippen LogP contribution in [0.5, 0.6) is 0 Å². The minimum Gasteiger partial charge on any atom is -0.330 e. The van der Waals surface area contributed by atoms with E-state index in [1.165, 1.54) is 34.6 Å². The number of likely N-dealkylation sites (N-methyl/N-ethyl adjacent to an activating group) is 1. The van der Waals surface area contributed by atoms with Gasteiger partial charge in [-0.2, -0.15) is 0 Å². The van der Waals surface area contributed by atoms with Gasteiger partial charge in [-0.3, -0.25) is 13.9 Å². The molecule has 0 spiro atoms. The second-order valence-electron chi connectivity index (χ2n) is 8.30. The van der Waals surface area contributed by atoms with Crippen LogP contribution in [-0.2, 0) is 21.2 Å². The molecule has 1 aliphatic heterocycles. The van der Waals surface area contributed by atoms with Gasteiger partial charge in [-0.05, 0) is 61.7 Å². The van der Waals surface area contributed by atoms with Crippen molar-refractivity contribution in [2.24, 2.45) is 0 Å². The van der Waals surface area contributed by atoms with E-state index in [0.29, 0.717) is 18.7 Å². The first-order valence-electron chi connectivity index (χ1n) is 11.5. The highest BCUT2D eigenvalue weighted by atomic mass is 32.2. The molecule has 36 heavy (non-hydrogen) atoms. The number of hydrogen-bond donors (Lipinski definition) is 1. The highest BCUT2D eigenvalue weighted by molar-refractivity contribution is 7.92. The monoisotopic (exact) mass is 513 g/mol. The third-order valence-electron chi connectivity index (χ3n) is 5.97. The maximum Gasteiger partial charge on any atom is 0.264 e. The summed E-state index contributed by atoms with van der Waals surface area (Å²) < 4.78 is 56.0. The number of hydrogen-bond acceptors (Lipinski definition) is 4. The highest BCUT2D eigenvalue weighted by Crippen LogP contribution is 2.32. The number of aryl methyl sites for hydroxylation is 1. The zero-order chi connectivity index (χ0) is 25.9. The Kier molecular flexibility index (Phi) is 7.35. The first kappa shape index (κ1) is 25.3. The van der Waals surface area contributed by atoms with Crippen molar-refractivity contribution in [3.8, 4) is 0 Å². The van der Waals surface area contributed by atoms with Crippen LogP contribution in [0.25, 0.3) is 0 Å². The third kappa shape index (κ3) is 5.08. The number of sulfonamides is 1. The van der Waals surface area contributed by atoms with Crippen molar-refractivity contribution >= 4 is 33.2 Å². The summed E-state index contributed by atoms with van der Waals surface area (Å²) in [5, 5.41) is 2.15. The van der Waals surface area contributed by atoms with Gasteiger partial charge in [0.05, 0.1) is 10.6 Å². The second kappa shape index (κ2) is 10.4. The zero-order valence-corrected chi connectivity index (χ0v) is 20.4. The molecule has 0 bridgehead atoms. The summed E-state index contributed by atoms with van der Waals surface area (Å²) in [6.45, 7) is 1.60. The van der Waals surface area contributed by atoms with Gasteiger partial charge in [-0.15, -0.1) is 0 Å². The van der Waals surface area contributed by atoms with Gasteiger partial charge in [0.25, 0.3) is 15.9 Å². The number of halogens is 2. The molecule has 0 saturated heterocycles. The Bertz CT molecular complexity index is 1390. The van der Waals surface area contributed by atoms with Gasteiger partial charge in [-0.25, -0.2) is 17.2 Å². The summed E-state index contributed by atoms with van der Waals surface area (Å²) in [5.74, 6) is -3.24. The van der Waals surface area contributed by atoms with Gasteiger partial charge < -0.3 is 10.2 Å². The molecule has 4 rings (SSSR count). The fourth-order valence-electron chi connectivity index (χ4n) is 4.14. The van der Waals surface area contributed by atoms with Crippen molar-refractivity contribution in [1.29, 1.82) is 0 Å². The number of fused-ring (bicyclic) bond motifs is 1. The lowest BCUT2D eigenvalue weighted by molar-refractivity contribution is -0.116. The summed E-state index contributed by atoms with van der Waals surface area (Å²) in [6, 6.07) is 16.1. The van der Waals surface area contributed by atoms with Crippen LogP contribution in [-0.4, -0.2) is 44.8 Å².